The summed E-state index contributed by atoms with van der Waals surface area (Å²) in [6.45, 7) is 3.70. The lowest BCUT2D eigenvalue weighted by Crippen LogP contribution is -2.41. The molecule has 0 saturated carbocycles. The first kappa shape index (κ1) is 17.7. The molecular weight excluding hydrogens is 314 g/mol. The van der Waals surface area contributed by atoms with Crippen molar-refractivity contribution in [2.75, 3.05) is 23.7 Å². The number of carbonyl (C=O) groups excluding carboxylic acids is 1. The minimum absolute atomic E-state index is 0.0933. The summed E-state index contributed by atoms with van der Waals surface area (Å²) in [5, 5.41) is 0. The van der Waals surface area contributed by atoms with Crippen LogP contribution in [-0.4, -0.2) is 33.2 Å². The van der Waals surface area contributed by atoms with Crippen LogP contribution in [0.5, 0.6) is 0 Å². The average molecular weight is 339 g/mol. The van der Waals surface area contributed by atoms with Crippen LogP contribution >= 0.6 is 0 Å². The van der Waals surface area contributed by atoms with Crippen molar-refractivity contribution in [3.8, 4) is 0 Å². The van der Waals surface area contributed by atoms with Crippen molar-refractivity contribution in [3.63, 3.8) is 0 Å². The fourth-order valence-electron chi connectivity index (χ4n) is 2.80. The molecule has 0 aromatic heterocycles. The number of anilines is 1. The van der Waals surface area contributed by atoms with Gasteiger partial charge in [0, 0.05) is 25.3 Å². The highest BCUT2D eigenvalue weighted by molar-refractivity contribution is 7.89. The zero-order chi connectivity index (χ0) is 16.9. The molecule has 1 saturated heterocycles. The number of hydrogen-bond donors (Lipinski definition) is 2. The summed E-state index contributed by atoms with van der Waals surface area (Å²) < 4.78 is 25.9. The predicted molar refractivity (Wildman–Crippen MR) is 91.5 cm³/mol. The Bertz CT molecular complexity index is 628. The second-order valence-electron chi connectivity index (χ2n) is 5.99. The van der Waals surface area contributed by atoms with E-state index < -0.39 is 10.0 Å². The molecule has 1 amide bonds. The van der Waals surface area contributed by atoms with Crippen molar-refractivity contribution < 1.29 is 13.2 Å². The van der Waals surface area contributed by atoms with Crippen molar-refractivity contribution in [2.24, 2.45) is 11.7 Å². The number of nitrogens with zero attached hydrogens (tertiary/aromatic N) is 1. The zero-order valence-electron chi connectivity index (χ0n) is 13.5. The first-order valence-electron chi connectivity index (χ1n) is 8.02. The van der Waals surface area contributed by atoms with Crippen LogP contribution < -0.4 is 15.4 Å². The molecule has 1 aromatic rings. The number of nitrogens with two attached hydrogens (primary N) is 1. The maximum absolute atomic E-state index is 11.7. The molecule has 1 aliphatic rings. The van der Waals surface area contributed by atoms with Crippen LogP contribution in [0.2, 0.25) is 0 Å². The number of hydrogen-bond acceptors (Lipinski definition) is 4. The van der Waals surface area contributed by atoms with Gasteiger partial charge in [0.2, 0.25) is 15.9 Å². The van der Waals surface area contributed by atoms with Gasteiger partial charge in [-0.25, -0.2) is 13.1 Å². The molecule has 3 N–H and O–H groups in total. The van der Waals surface area contributed by atoms with Gasteiger partial charge in [0.15, 0.2) is 0 Å². The third-order valence-electron chi connectivity index (χ3n) is 4.09. The monoisotopic (exact) mass is 339 g/mol. The molecule has 0 unspecified atom stereocenters. The van der Waals surface area contributed by atoms with Gasteiger partial charge in [0.05, 0.1) is 11.7 Å². The second kappa shape index (κ2) is 7.79. The Balaban J connectivity index is 1.95. The highest BCUT2D eigenvalue weighted by atomic mass is 32.2. The lowest BCUT2D eigenvalue weighted by molar-refractivity contribution is -0.122. The van der Waals surface area contributed by atoms with Crippen LogP contribution in [0.1, 0.15) is 31.7 Å². The summed E-state index contributed by atoms with van der Waals surface area (Å²) in [6, 6.07) is 7.76. The van der Waals surface area contributed by atoms with Crippen molar-refractivity contribution in [2.45, 2.75) is 32.7 Å². The molecule has 1 aliphatic heterocycles. The number of benzene rings is 1. The fraction of sp³-hybridized carbons (Fsp3) is 0.562. The minimum atomic E-state index is -3.19. The molecular formula is C16H25N3O3S. The van der Waals surface area contributed by atoms with Gasteiger partial charge in [-0.05, 0) is 37.0 Å². The Hall–Kier alpha value is -1.60. The summed E-state index contributed by atoms with van der Waals surface area (Å²) in [6.07, 6.45) is 2.40. The number of amides is 1. The molecule has 0 aliphatic carbocycles. The predicted octanol–water partition coefficient (Wildman–Crippen LogP) is 1.22. The molecule has 128 valence electrons. The maximum atomic E-state index is 11.7. The number of piperidine rings is 1. The minimum Gasteiger partial charge on any atom is -0.371 e. The third kappa shape index (κ3) is 5.21. The Morgan fingerprint density at radius 1 is 1.35 bits per heavy atom. The second-order valence-corrected chi connectivity index (χ2v) is 7.92. The van der Waals surface area contributed by atoms with Gasteiger partial charge in [-0.15, -0.1) is 0 Å². The van der Waals surface area contributed by atoms with Gasteiger partial charge in [0.25, 0.3) is 0 Å². The van der Waals surface area contributed by atoms with Gasteiger partial charge in [-0.3, -0.25) is 4.79 Å². The topological polar surface area (TPSA) is 92.5 Å². The Labute approximate surface area is 138 Å². The van der Waals surface area contributed by atoms with E-state index in [0.29, 0.717) is 19.5 Å². The van der Waals surface area contributed by atoms with E-state index in [1.807, 2.05) is 31.2 Å². The summed E-state index contributed by atoms with van der Waals surface area (Å²) in [4.78, 5) is 13.5. The average Bonchev–Trinajstić information content (AvgIpc) is 2.53. The van der Waals surface area contributed by atoms with Gasteiger partial charge in [-0.1, -0.05) is 19.1 Å². The number of sulfonamides is 1. The maximum Gasteiger partial charge on any atom is 0.222 e. The first-order valence-corrected chi connectivity index (χ1v) is 9.67. The van der Waals surface area contributed by atoms with Crippen molar-refractivity contribution in [3.05, 3.63) is 29.8 Å². The quantitative estimate of drug-likeness (QED) is 0.781. The van der Waals surface area contributed by atoms with E-state index in [1.54, 1.807) is 0 Å². The first-order chi connectivity index (χ1) is 10.9. The van der Waals surface area contributed by atoms with E-state index in [0.717, 1.165) is 30.6 Å². The zero-order valence-corrected chi connectivity index (χ0v) is 14.3. The van der Waals surface area contributed by atoms with Crippen LogP contribution in [-0.2, 0) is 21.4 Å². The van der Waals surface area contributed by atoms with Crippen LogP contribution in [0.3, 0.4) is 0 Å². The fourth-order valence-corrected chi connectivity index (χ4v) is 3.87. The van der Waals surface area contributed by atoms with E-state index >= 15 is 0 Å². The van der Waals surface area contributed by atoms with E-state index in [9.17, 15) is 13.2 Å². The number of nitrogens with one attached hydrogen (secondary N) is 1. The molecule has 0 bridgehead atoms. The Morgan fingerprint density at radius 3 is 2.65 bits per heavy atom. The summed E-state index contributed by atoms with van der Waals surface area (Å²) in [5.41, 5.74) is 7.36. The normalized spacial score (nSPS) is 18.8. The molecule has 6 nitrogen and oxygen atoms in total. The van der Waals surface area contributed by atoms with E-state index in [1.165, 1.54) is 0 Å². The van der Waals surface area contributed by atoms with E-state index in [2.05, 4.69) is 9.62 Å². The van der Waals surface area contributed by atoms with Crippen molar-refractivity contribution in [1.29, 1.82) is 0 Å². The van der Waals surface area contributed by atoms with Crippen LogP contribution in [0.25, 0.3) is 0 Å². The lowest BCUT2D eigenvalue weighted by atomic mass is 9.97. The van der Waals surface area contributed by atoms with Gasteiger partial charge in [-0.2, -0.15) is 0 Å². The Morgan fingerprint density at radius 2 is 2.04 bits per heavy atom. The smallest absolute Gasteiger partial charge is 0.222 e. The molecule has 1 fully saturated rings. The van der Waals surface area contributed by atoms with Crippen molar-refractivity contribution >= 4 is 21.6 Å². The number of rotatable bonds is 7. The molecule has 7 heteroatoms. The van der Waals surface area contributed by atoms with E-state index in [4.69, 9.17) is 5.73 Å². The Kier molecular flexibility index (Phi) is 6.01. The molecule has 1 aromatic carbocycles. The molecule has 2 rings (SSSR count). The number of primary amides is 1. The van der Waals surface area contributed by atoms with Gasteiger partial charge >= 0.3 is 0 Å². The SMILES string of the molecule is CCCS(=O)(=O)NCc1ccc(N2CCC[C@@H](C(N)=O)C2)cc1. The largest absolute Gasteiger partial charge is 0.371 e. The molecule has 0 radical (unpaired) electrons. The van der Waals surface area contributed by atoms with Crippen LogP contribution in [0.15, 0.2) is 24.3 Å². The van der Waals surface area contributed by atoms with Gasteiger partial charge in [0.1, 0.15) is 0 Å². The van der Waals surface area contributed by atoms with Gasteiger partial charge < -0.3 is 10.6 Å². The summed E-state index contributed by atoms with van der Waals surface area (Å²) >= 11 is 0. The van der Waals surface area contributed by atoms with Crippen molar-refractivity contribution in [1.82, 2.24) is 4.72 Å². The lowest BCUT2D eigenvalue weighted by Gasteiger charge is -2.33. The number of carbonyl (C=O) groups is 1. The summed E-state index contributed by atoms with van der Waals surface area (Å²) in [7, 11) is -3.19. The van der Waals surface area contributed by atoms with E-state index in [-0.39, 0.29) is 17.6 Å². The standard InChI is InChI=1S/C16H25N3O3S/c1-2-10-23(21,22)18-11-13-5-7-15(8-6-13)19-9-3-4-14(12-19)16(17)20/h5-8,14,18H,2-4,9-12H2,1H3,(H2,17,20)/t14-/m1/s1. The third-order valence-corrected chi connectivity index (χ3v) is 5.62. The molecule has 0 spiro atoms. The molecule has 23 heavy (non-hydrogen) atoms. The van der Waals surface area contributed by atoms with Crippen LogP contribution in [0.4, 0.5) is 5.69 Å². The van der Waals surface area contributed by atoms with Crippen LogP contribution in [0, 0.1) is 5.92 Å². The molecule has 1 heterocycles. The molecule has 1 atom stereocenters. The summed E-state index contributed by atoms with van der Waals surface area (Å²) in [5.74, 6) is -0.186. The highest BCUT2D eigenvalue weighted by Gasteiger charge is 2.24. The highest BCUT2D eigenvalue weighted by Crippen LogP contribution is 2.23.